The van der Waals surface area contributed by atoms with E-state index < -0.39 is 4.92 Å². The highest BCUT2D eigenvalue weighted by atomic mass is 16.6. The summed E-state index contributed by atoms with van der Waals surface area (Å²) in [5.41, 5.74) is 1.64. The summed E-state index contributed by atoms with van der Waals surface area (Å²) in [7, 11) is 0. The van der Waals surface area contributed by atoms with Crippen molar-refractivity contribution < 1.29 is 19.2 Å². The molecule has 0 aliphatic rings. The second-order valence-corrected chi connectivity index (χ2v) is 7.36. The molecule has 0 atom stereocenters. The SMILES string of the molecule is CCCCOC(=O)c1ccc(Nc2nc(C)c([N+](=O)[O-])c(Nc3ccc(OCC)cc3)n2)cc1. The topological polar surface area (TPSA) is 129 Å². The molecule has 0 unspecified atom stereocenters. The smallest absolute Gasteiger partial charge is 0.338 e. The Kier molecular flexibility index (Phi) is 8.33. The van der Waals surface area contributed by atoms with Crippen molar-refractivity contribution in [1.82, 2.24) is 9.97 Å². The van der Waals surface area contributed by atoms with Gasteiger partial charge in [-0.1, -0.05) is 13.3 Å². The van der Waals surface area contributed by atoms with E-state index in [-0.39, 0.29) is 29.1 Å². The lowest BCUT2D eigenvalue weighted by molar-refractivity contribution is -0.385. The molecular formula is C24H27N5O5. The number of aromatic nitrogens is 2. The summed E-state index contributed by atoms with van der Waals surface area (Å²) in [6.45, 7) is 6.38. The van der Waals surface area contributed by atoms with Gasteiger partial charge in [0.2, 0.25) is 11.8 Å². The average Bonchev–Trinajstić information content (AvgIpc) is 2.80. The second kappa shape index (κ2) is 11.6. The molecule has 0 radical (unpaired) electrons. The molecule has 3 aromatic rings. The predicted molar refractivity (Wildman–Crippen MR) is 129 cm³/mol. The number of anilines is 4. The van der Waals surface area contributed by atoms with Crippen LogP contribution in [0.5, 0.6) is 5.75 Å². The molecule has 2 N–H and O–H groups in total. The molecule has 178 valence electrons. The number of benzene rings is 2. The van der Waals surface area contributed by atoms with E-state index in [0.29, 0.717) is 35.9 Å². The van der Waals surface area contributed by atoms with Crippen LogP contribution in [-0.4, -0.2) is 34.1 Å². The molecule has 34 heavy (non-hydrogen) atoms. The average molecular weight is 466 g/mol. The zero-order chi connectivity index (χ0) is 24.5. The van der Waals surface area contributed by atoms with Crippen molar-refractivity contribution in [3.05, 3.63) is 69.9 Å². The molecule has 0 saturated heterocycles. The van der Waals surface area contributed by atoms with Crippen LogP contribution in [0, 0.1) is 17.0 Å². The van der Waals surface area contributed by atoms with Crippen LogP contribution in [0.15, 0.2) is 48.5 Å². The van der Waals surface area contributed by atoms with E-state index in [1.165, 1.54) is 0 Å². The Hall–Kier alpha value is -4.21. The Morgan fingerprint density at radius 2 is 1.65 bits per heavy atom. The number of carbonyl (C=O) groups is 1. The Morgan fingerprint density at radius 1 is 1.00 bits per heavy atom. The molecule has 10 nitrogen and oxygen atoms in total. The molecule has 3 rings (SSSR count). The highest BCUT2D eigenvalue weighted by Gasteiger charge is 2.22. The molecule has 0 saturated carbocycles. The van der Waals surface area contributed by atoms with E-state index in [4.69, 9.17) is 9.47 Å². The summed E-state index contributed by atoms with van der Waals surface area (Å²) >= 11 is 0. The molecule has 2 aromatic carbocycles. The van der Waals surface area contributed by atoms with Gasteiger partial charge in [0.25, 0.3) is 0 Å². The van der Waals surface area contributed by atoms with Crippen molar-refractivity contribution in [2.75, 3.05) is 23.8 Å². The van der Waals surface area contributed by atoms with Gasteiger partial charge in [-0.25, -0.2) is 9.78 Å². The largest absolute Gasteiger partial charge is 0.494 e. The molecule has 1 heterocycles. The summed E-state index contributed by atoms with van der Waals surface area (Å²) in [6.07, 6.45) is 1.76. The Bertz CT molecular complexity index is 1130. The summed E-state index contributed by atoms with van der Waals surface area (Å²) in [5.74, 6) is 0.542. The number of nitrogens with one attached hydrogen (secondary N) is 2. The highest BCUT2D eigenvalue weighted by molar-refractivity contribution is 5.89. The summed E-state index contributed by atoms with van der Waals surface area (Å²) in [5, 5.41) is 17.7. The van der Waals surface area contributed by atoms with Crippen LogP contribution >= 0.6 is 0 Å². The van der Waals surface area contributed by atoms with Crippen LogP contribution in [-0.2, 0) is 4.74 Å². The number of nitro groups is 1. The second-order valence-electron chi connectivity index (χ2n) is 7.36. The van der Waals surface area contributed by atoms with E-state index >= 15 is 0 Å². The number of carbonyl (C=O) groups excluding carboxylic acids is 1. The molecule has 10 heteroatoms. The van der Waals surface area contributed by atoms with Gasteiger partial charge >= 0.3 is 11.7 Å². The maximum atomic E-state index is 12.1. The van der Waals surface area contributed by atoms with Crippen LogP contribution in [0.2, 0.25) is 0 Å². The summed E-state index contributed by atoms with van der Waals surface area (Å²) in [4.78, 5) is 31.7. The first-order chi connectivity index (χ1) is 16.4. The molecule has 0 aliphatic carbocycles. The minimum atomic E-state index is -0.519. The zero-order valence-corrected chi connectivity index (χ0v) is 19.3. The molecular weight excluding hydrogens is 438 g/mol. The number of esters is 1. The standard InChI is InChI=1S/C24H27N5O5/c1-4-6-15-34-23(30)17-7-9-19(10-8-17)27-24-25-16(3)21(29(31)32)22(28-24)26-18-11-13-20(14-12-18)33-5-2/h7-14H,4-6,15H2,1-3H3,(H2,25,26,27,28). The van der Waals surface area contributed by atoms with Gasteiger partial charge in [0.15, 0.2) is 0 Å². The first kappa shape index (κ1) is 24.4. The minimum Gasteiger partial charge on any atom is -0.494 e. The summed E-state index contributed by atoms with van der Waals surface area (Å²) in [6, 6.07) is 13.7. The number of rotatable bonds is 11. The molecule has 0 aliphatic heterocycles. The van der Waals surface area contributed by atoms with Crippen molar-refractivity contribution >= 4 is 34.8 Å². The fourth-order valence-electron chi connectivity index (χ4n) is 3.08. The minimum absolute atomic E-state index is 0.0558. The lowest BCUT2D eigenvalue weighted by atomic mass is 10.2. The van der Waals surface area contributed by atoms with Crippen LogP contribution in [0.25, 0.3) is 0 Å². The van der Waals surface area contributed by atoms with Gasteiger partial charge in [-0.05, 0) is 68.8 Å². The van der Waals surface area contributed by atoms with Crippen LogP contribution < -0.4 is 15.4 Å². The fraction of sp³-hybridized carbons (Fsp3) is 0.292. The lowest BCUT2D eigenvalue weighted by Gasteiger charge is -2.12. The number of unbranched alkanes of at least 4 members (excludes halogenated alkanes) is 1. The predicted octanol–water partition coefficient (Wildman–Crippen LogP) is 5.54. The summed E-state index contributed by atoms with van der Waals surface area (Å²) < 4.78 is 10.6. The third kappa shape index (κ3) is 6.41. The zero-order valence-electron chi connectivity index (χ0n) is 19.3. The lowest BCUT2D eigenvalue weighted by Crippen LogP contribution is -2.08. The number of aryl methyl sites for hydroxylation is 1. The van der Waals surface area contributed by atoms with Crippen molar-refractivity contribution in [3.63, 3.8) is 0 Å². The normalized spacial score (nSPS) is 10.4. The van der Waals surface area contributed by atoms with E-state index in [9.17, 15) is 14.9 Å². The van der Waals surface area contributed by atoms with Crippen molar-refractivity contribution in [2.45, 2.75) is 33.6 Å². The molecule has 1 aromatic heterocycles. The van der Waals surface area contributed by atoms with Gasteiger partial charge in [0.05, 0.1) is 23.7 Å². The number of ether oxygens (including phenoxy) is 2. The van der Waals surface area contributed by atoms with Crippen molar-refractivity contribution in [1.29, 1.82) is 0 Å². The highest BCUT2D eigenvalue weighted by Crippen LogP contribution is 2.30. The van der Waals surface area contributed by atoms with E-state index in [2.05, 4.69) is 20.6 Å². The molecule has 0 fully saturated rings. The van der Waals surface area contributed by atoms with E-state index in [1.54, 1.807) is 55.5 Å². The van der Waals surface area contributed by atoms with E-state index in [1.807, 2.05) is 13.8 Å². The molecule has 0 bridgehead atoms. The number of hydrogen-bond acceptors (Lipinski definition) is 9. The van der Waals surface area contributed by atoms with Crippen LogP contribution in [0.3, 0.4) is 0 Å². The third-order valence-electron chi connectivity index (χ3n) is 4.78. The Balaban J connectivity index is 1.79. The van der Waals surface area contributed by atoms with Gasteiger partial charge in [0.1, 0.15) is 11.4 Å². The molecule has 0 amide bonds. The van der Waals surface area contributed by atoms with Gasteiger partial charge in [0, 0.05) is 11.4 Å². The quantitative estimate of drug-likeness (QED) is 0.162. The van der Waals surface area contributed by atoms with Gasteiger partial charge in [-0.3, -0.25) is 10.1 Å². The fourth-order valence-corrected chi connectivity index (χ4v) is 3.08. The van der Waals surface area contributed by atoms with Crippen LogP contribution in [0.1, 0.15) is 42.7 Å². The monoisotopic (exact) mass is 465 g/mol. The number of hydrogen-bond donors (Lipinski definition) is 2. The maximum Gasteiger partial charge on any atom is 0.338 e. The number of nitrogens with zero attached hydrogens (tertiary/aromatic N) is 3. The van der Waals surface area contributed by atoms with Crippen LogP contribution in [0.4, 0.5) is 28.8 Å². The van der Waals surface area contributed by atoms with Crippen molar-refractivity contribution in [2.24, 2.45) is 0 Å². The third-order valence-corrected chi connectivity index (χ3v) is 4.78. The van der Waals surface area contributed by atoms with Gasteiger partial charge < -0.3 is 20.1 Å². The Morgan fingerprint density at radius 3 is 2.26 bits per heavy atom. The van der Waals surface area contributed by atoms with Gasteiger partial charge in [-0.15, -0.1) is 0 Å². The maximum absolute atomic E-state index is 12.1. The van der Waals surface area contributed by atoms with Crippen molar-refractivity contribution in [3.8, 4) is 5.75 Å². The first-order valence-electron chi connectivity index (χ1n) is 11.0. The van der Waals surface area contributed by atoms with E-state index in [0.717, 1.165) is 12.8 Å². The van der Waals surface area contributed by atoms with Gasteiger partial charge in [-0.2, -0.15) is 4.98 Å². The Labute approximate surface area is 197 Å². The first-order valence-corrected chi connectivity index (χ1v) is 11.0. The molecule has 0 spiro atoms.